The quantitative estimate of drug-likeness (QED) is 0.817. The molecule has 2 N–H and O–H groups in total. The molecule has 7 nitrogen and oxygen atoms in total. The first kappa shape index (κ1) is 18.9. The van der Waals surface area contributed by atoms with Gasteiger partial charge in [0, 0.05) is 44.1 Å². The molecule has 4 unspecified atom stereocenters. The molecule has 1 aromatic rings. The molecule has 4 atom stereocenters. The van der Waals surface area contributed by atoms with E-state index < -0.39 is 12.2 Å². The second-order valence-electron chi connectivity index (χ2n) is 7.90. The van der Waals surface area contributed by atoms with Gasteiger partial charge in [0.2, 0.25) is 5.91 Å². The van der Waals surface area contributed by atoms with Crippen LogP contribution >= 0.6 is 0 Å². The summed E-state index contributed by atoms with van der Waals surface area (Å²) in [6.07, 6.45) is 2.21. The van der Waals surface area contributed by atoms with Gasteiger partial charge in [-0.2, -0.15) is 0 Å². The van der Waals surface area contributed by atoms with E-state index in [4.69, 9.17) is 0 Å². The molecule has 3 heterocycles. The molecule has 3 rings (SSSR count). The number of rotatable bonds is 3. The van der Waals surface area contributed by atoms with Crippen molar-refractivity contribution in [3.8, 4) is 0 Å². The Morgan fingerprint density at radius 3 is 2.12 bits per heavy atom. The van der Waals surface area contributed by atoms with Crippen LogP contribution < -0.4 is 0 Å². The molecule has 0 aromatic carbocycles. The number of aryl methyl sites for hydroxylation is 2. The first-order valence-corrected chi connectivity index (χ1v) is 9.30. The van der Waals surface area contributed by atoms with Gasteiger partial charge >= 0.3 is 0 Å². The van der Waals surface area contributed by atoms with Crippen molar-refractivity contribution in [1.29, 1.82) is 0 Å². The van der Waals surface area contributed by atoms with Crippen LogP contribution in [0.15, 0.2) is 6.20 Å². The maximum atomic E-state index is 13.1. The second-order valence-corrected chi connectivity index (χ2v) is 7.90. The van der Waals surface area contributed by atoms with Crippen LogP contribution in [0.3, 0.4) is 0 Å². The Kier molecular flexibility index (Phi) is 5.12. The Morgan fingerprint density at radius 1 is 1.08 bits per heavy atom. The highest BCUT2D eigenvalue weighted by molar-refractivity contribution is 5.98. The number of hydrogen-bond acceptors (Lipinski definition) is 4. The van der Waals surface area contributed by atoms with E-state index in [0.29, 0.717) is 37.2 Å². The first-order valence-electron chi connectivity index (χ1n) is 9.30. The molecule has 2 aliphatic heterocycles. The number of aromatic nitrogens is 1. The zero-order valence-corrected chi connectivity index (χ0v) is 16.0. The molecular weight excluding hydrogens is 334 g/mol. The number of amides is 2. The minimum absolute atomic E-state index is 0.00627. The van der Waals surface area contributed by atoms with Crippen LogP contribution in [0.2, 0.25) is 0 Å². The van der Waals surface area contributed by atoms with E-state index in [1.165, 1.54) is 0 Å². The number of likely N-dealkylation sites (tertiary alicyclic amines) is 2. The minimum Gasteiger partial charge on any atom is -0.391 e. The Labute approximate surface area is 154 Å². The number of carbonyl (C=O) groups is 2. The van der Waals surface area contributed by atoms with Crippen LogP contribution in [0.1, 0.15) is 48.3 Å². The van der Waals surface area contributed by atoms with Crippen LogP contribution in [-0.4, -0.2) is 73.8 Å². The minimum atomic E-state index is -0.491. The predicted octanol–water partition coefficient (Wildman–Crippen LogP) is 0.453. The number of hydrogen-bond donors (Lipinski definition) is 2. The molecule has 0 radical (unpaired) electrons. The topological polar surface area (TPSA) is 86.0 Å². The van der Waals surface area contributed by atoms with Crippen LogP contribution in [-0.2, 0) is 18.3 Å². The van der Waals surface area contributed by atoms with Gasteiger partial charge in [0.1, 0.15) is 0 Å². The summed E-state index contributed by atoms with van der Waals surface area (Å²) in [7, 11) is 1.84. The van der Waals surface area contributed by atoms with E-state index >= 15 is 0 Å². The van der Waals surface area contributed by atoms with Crippen LogP contribution in [0, 0.1) is 6.92 Å². The van der Waals surface area contributed by atoms with Crippen molar-refractivity contribution in [1.82, 2.24) is 14.4 Å². The van der Waals surface area contributed by atoms with E-state index in [-0.39, 0.29) is 30.3 Å². The van der Waals surface area contributed by atoms with Crippen molar-refractivity contribution in [3.63, 3.8) is 0 Å². The number of aliphatic hydroxyl groups excluding tert-OH is 2. The third-order valence-corrected chi connectivity index (χ3v) is 5.72. The predicted molar refractivity (Wildman–Crippen MR) is 96.8 cm³/mol. The molecule has 2 aliphatic rings. The van der Waals surface area contributed by atoms with E-state index in [1.807, 2.05) is 38.6 Å². The average molecular weight is 363 g/mol. The van der Waals surface area contributed by atoms with Crippen molar-refractivity contribution in [2.45, 2.75) is 64.3 Å². The maximum Gasteiger partial charge on any atom is 0.256 e. The van der Waals surface area contributed by atoms with E-state index in [2.05, 4.69) is 0 Å². The van der Waals surface area contributed by atoms with Gasteiger partial charge in [-0.3, -0.25) is 9.59 Å². The molecule has 7 heteroatoms. The summed E-state index contributed by atoms with van der Waals surface area (Å²) in [6, 6.07) is -0.0128. The third-order valence-electron chi connectivity index (χ3n) is 5.72. The molecule has 1 aromatic heterocycles. The zero-order valence-electron chi connectivity index (χ0n) is 16.0. The summed E-state index contributed by atoms with van der Waals surface area (Å²) < 4.78 is 1.84. The van der Waals surface area contributed by atoms with Crippen LogP contribution in [0.4, 0.5) is 0 Å². The Bertz CT molecular complexity index is 714. The standard InChI is InChI=1S/C19H29N3O4/c1-11-8-20(4)16(7-17(25)21-9-14(23)5-12(21)2)18(11)19(26)22-10-15(24)6-13(22)3/h8,12-15,23-24H,5-7,9-10H2,1-4H3. The molecule has 2 saturated heterocycles. The van der Waals surface area contributed by atoms with Gasteiger partial charge < -0.3 is 24.6 Å². The van der Waals surface area contributed by atoms with Gasteiger partial charge in [-0.15, -0.1) is 0 Å². The van der Waals surface area contributed by atoms with E-state index in [1.54, 1.807) is 9.80 Å². The Balaban J connectivity index is 1.84. The van der Waals surface area contributed by atoms with E-state index in [9.17, 15) is 19.8 Å². The molecule has 0 aliphatic carbocycles. The monoisotopic (exact) mass is 363 g/mol. The molecular formula is C19H29N3O4. The fourth-order valence-electron chi connectivity index (χ4n) is 4.37. The second kappa shape index (κ2) is 7.04. The van der Waals surface area contributed by atoms with Gasteiger partial charge in [-0.1, -0.05) is 0 Å². The van der Waals surface area contributed by atoms with Gasteiger partial charge in [0.05, 0.1) is 24.2 Å². The summed E-state index contributed by atoms with van der Waals surface area (Å²) in [5.74, 6) is -0.191. The lowest BCUT2D eigenvalue weighted by Crippen LogP contribution is -2.37. The largest absolute Gasteiger partial charge is 0.391 e. The molecule has 0 bridgehead atoms. The molecule has 2 amide bonds. The van der Waals surface area contributed by atoms with Crippen molar-refractivity contribution in [2.24, 2.45) is 7.05 Å². The summed E-state index contributed by atoms with van der Waals surface area (Å²) in [5.41, 5.74) is 2.09. The Hall–Kier alpha value is -1.86. The highest BCUT2D eigenvalue weighted by Crippen LogP contribution is 2.26. The van der Waals surface area contributed by atoms with Crippen LogP contribution in [0.25, 0.3) is 0 Å². The lowest BCUT2D eigenvalue weighted by atomic mass is 10.1. The van der Waals surface area contributed by atoms with Crippen molar-refractivity contribution < 1.29 is 19.8 Å². The normalized spacial score (nSPS) is 28.8. The highest BCUT2D eigenvalue weighted by atomic mass is 16.3. The highest BCUT2D eigenvalue weighted by Gasteiger charge is 2.36. The van der Waals surface area contributed by atoms with Gasteiger partial charge in [0.15, 0.2) is 0 Å². The SMILES string of the molecule is Cc1cn(C)c(CC(=O)N2CC(O)CC2C)c1C(=O)N1CC(O)CC1C. The summed E-state index contributed by atoms with van der Waals surface area (Å²) in [4.78, 5) is 29.3. The van der Waals surface area contributed by atoms with Crippen molar-refractivity contribution in [3.05, 3.63) is 23.0 Å². The smallest absolute Gasteiger partial charge is 0.256 e. The lowest BCUT2D eigenvalue weighted by Gasteiger charge is -2.24. The van der Waals surface area contributed by atoms with Gasteiger partial charge in [-0.25, -0.2) is 0 Å². The average Bonchev–Trinajstić information content (AvgIpc) is 3.15. The molecule has 26 heavy (non-hydrogen) atoms. The zero-order chi connectivity index (χ0) is 19.2. The Morgan fingerprint density at radius 2 is 1.62 bits per heavy atom. The third kappa shape index (κ3) is 3.38. The fourth-order valence-corrected chi connectivity index (χ4v) is 4.37. The molecule has 144 valence electrons. The lowest BCUT2D eigenvalue weighted by molar-refractivity contribution is -0.131. The van der Waals surface area contributed by atoms with Crippen LogP contribution in [0.5, 0.6) is 0 Å². The van der Waals surface area contributed by atoms with E-state index in [0.717, 1.165) is 5.56 Å². The van der Waals surface area contributed by atoms with Gasteiger partial charge in [0.25, 0.3) is 5.91 Å². The first-order chi connectivity index (χ1) is 12.2. The summed E-state index contributed by atoms with van der Waals surface area (Å²) in [6.45, 7) is 6.42. The molecule has 2 fully saturated rings. The number of β-amino-alcohol motifs (C(OH)–C–C–N with tert-alkyl or cyclic N) is 2. The van der Waals surface area contributed by atoms with Crippen molar-refractivity contribution in [2.75, 3.05) is 13.1 Å². The number of aliphatic hydroxyl groups is 2. The fraction of sp³-hybridized carbons (Fsp3) is 0.684. The van der Waals surface area contributed by atoms with Gasteiger partial charge in [-0.05, 0) is 39.2 Å². The summed E-state index contributed by atoms with van der Waals surface area (Å²) in [5, 5.41) is 19.7. The number of carbonyl (C=O) groups excluding carboxylic acids is 2. The van der Waals surface area contributed by atoms with Crippen molar-refractivity contribution >= 4 is 11.8 Å². The molecule has 0 spiro atoms. The summed E-state index contributed by atoms with van der Waals surface area (Å²) >= 11 is 0. The molecule has 0 saturated carbocycles. The maximum absolute atomic E-state index is 13.1. The number of nitrogens with zero attached hydrogens (tertiary/aromatic N) is 3.